The van der Waals surface area contributed by atoms with Crippen molar-refractivity contribution in [2.24, 2.45) is 5.92 Å². The van der Waals surface area contributed by atoms with Crippen LogP contribution in [0.2, 0.25) is 0 Å². The molecule has 29 heavy (non-hydrogen) atoms. The van der Waals surface area contributed by atoms with Gasteiger partial charge in [0.05, 0.1) is 12.1 Å². The van der Waals surface area contributed by atoms with E-state index in [0.717, 1.165) is 25.7 Å². The summed E-state index contributed by atoms with van der Waals surface area (Å²) in [5.74, 6) is -0.655. The zero-order valence-corrected chi connectivity index (χ0v) is 16.2. The number of hydrogen-bond acceptors (Lipinski definition) is 6. The van der Waals surface area contributed by atoms with Crippen molar-refractivity contribution in [1.29, 1.82) is 0 Å². The molecule has 2 aromatic heterocycles. The number of nitrogens with one attached hydrogen (secondary N) is 1. The van der Waals surface area contributed by atoms with Crippen molar-refractivity contribution in [2.75, 3.05) is 11.9 Å². The van der Waals surface area contributed by atoms with Gasteiger partial charge >= 0.3 is 5.97 Å². The second-order valence-electron chi connectivity index (χ2n) is 7.19. The first-order valence-corrected chi connectivity index (χ1v) is 9.86. The molecule has 0 spiro atoms. The molecule has 0 unspecified atom stereocenters. The van der Waals surface area contributed by atoms with E-state index >= 15 is 0 Å². The van der Waals surface area contributed by atoms with Crippen molar-refractivity contribution in [1.82, 2.24) is 14.4 Å². The van der Waals surface area contributed by atoms with E-state index in [1.54, 1.807) is 25.1 Å². The Balaban J connectivity index is 1.72. The maximum Gasteiger partial charge on any atom is 0.345 e. The number of fused-ring (bicyclic) bond motifs is 3. The summed E-state index contributed by atoms with van der Waals surface area (Å²) in [6.45, 7) is 1.84. The van der Waals surface area contributed by atoms with E-state index in [2.05, 4.69) is 15.3 Å². The molecular weight excluding hydrogens is 372 g/mol. The van der Waals surface area contributed by atoms with Crippen LogP contribution in [0.5, 0.6) is 0 Å². The Bertz CT molecular complexity index is 1150. The van der Waals surface area contributed by atoms with E-state index in [0.29, 0.717) is 22.2 Å². The Morgan fingerprint density at radius 1 is 1.21 bits per heavy atom. The first-order chi connectivity index (χ1) is 14.1. The quantitative estimate of drug-likeness (QED) is 0.539. The van der Waals surface area contributed by atoms with Crippen LogP contribution < -0.4 is 10.9 Å². The smallest absolute Gasteiger partial charge is 0.345 e. The summed E-state index contributed by atoms with van der Waals surface area (Å²) in [5, 5.41) is 3.59. The Labute approximate surface area is 166 Å². The number of ether oxygens (including phenoxy) is 1. The topological polar surface area (TPSA) is 103 Å². The second-order valence-corrected chi connectivity index (χ2v) is 7.19. The van der Waals surface area contributed by atoms with Crippen molar-refractivity contribution in [3.05, 3.63) is 46.6 Å². The van der Waals surface area contributed by atoms with E-state index in [1.165, 1.54) is 23.3 Å². The number of esters is 1. The first kappa shape index (κ1) is 19.0. The second kappa shape index (κ2) is 7.98. The highest BCUT2D eigenvalue weighted by Gasteiger charge is 2.21. The van der Waals surface area contributed by atoms with Gasteiger partial charge in [-0.3, -0.25) is 9.59 Å². The van der Waals surface area contributed by atoms with Gasteiger partial charge in [-0.15, -0.1) is 0 Å². The van der Waals surface area contributed by atoms with Gasteiger partial charge in [0.15, 0.2) is 0 Å². The lowest BCUT2D eigenvalue weighted by Gasteiger charge is -2.20. The van der Waals surface area contributed by atoms with Crippen molar-refractivity contribution in [3.63, 3.8) is 0 Å². The van der Waals surface area contributed by atoms with E-state index in [1.807, 2.05) is 0 Å². The van der Waals surface area contributed by atoms with Crippen LogP contribution in [0, 0.1) is 5.92 Å². The zero-order chi connectivity index (χ0) is 20.4. The molecule has 0 bridgehead atoms. The van der Waals surface area contributed by atoms with Gasteiger partial charge in [-0.25, -0.2) is 19.2 Å². The maximum absolute atomic E-state index is 12.7. The summed E-state index contributed by atoms with van der Waals surface area (Å²) in [6.07, 6.45) is 7.75. The minimum atomic E-state index is -0.715. The lowest BCUT2D eigenvalue weighted by atomic mass is 9.88. The van der Waals surface area contributed by atoms with E-state index in [4.69, 9.17) is 4.74 Å². The molecule has 2 heterocycles. The number of hydrogen-bond donors (Lipinski definition) is 1. The number of carbonyl (C=O) groups excluding carboxylic acids is 2. The van der Waals surface area contributed by atoms with Gasteiger partial charge in [0, 0.05) is 23.2 Å². The summed E-state index contributed by atoms with van der Waals surface area (Å²) >= 11 is 0. The third-order valence-electron chi connectivity index (χ3n) is 5.28. The summed E-state index contributed by atoms with van der Waals surface area (Å²) in [7, 11) is 0. The molecule has 1 aliphatic rings. The van der Waals surface area contributed by atoms with Gasteiger partial charge in [0.1, 0.15) is 17.5 Å². The van der Waals surface area contributed by atoms with Crippen molar-refractivity contribution >= 4 is 34.1 Å². The van der Waals surface area contributed by atoms with Crippen molar-refractivity contribution in [3.8, 4) is 0 Å². The molecule has 8 nitrogen and oxygen atoms in total. The van der Waals surface area contributed by atoms with Crippen molar-refractivity contribution < 1.29 is 14.3 Å². The molecule has 0 aliphatic heterocycles. The normalized spacial score (nSPS) is 14.8. The Kier molecular flexibility index (Phi) is 5.24. The number of amides is 1. The molecule has 0 radical (unpaired) electrons. The van der Waals surface area contributed by atoms with Gasteiger partial charge in [0.2, 0.25) is 5.91 Å². The molecule has 1 N–H and O–H groups in total. The number of rotatable bonds is 4. The van der Waals surface area contributed by atoms with Crippen LogP contribution in [-0.2, 0) is 9.53 Å². The predicted molar refractivity (Wildman–Crippen MR) is 108 cm³/mol. The molecule has 150 valence electrons. The average Bonchev–Trinajstić information content (AvgIpc) is 2.74. The lowest BCUT2D eigenvalue weighted by Crippen LogP contribution is -2.25. The highest BCUT2D eigenvalue weighted by Crippen LogP contribution is 2.26. The van der Waals surface area contributed by atoms with Gasteiger partial charge in [0.25, 0.3) is 5.56 Å². The van der Waals surface area contributed by atoms with Crippen LogP contribution in [0.3, 0.4) is 0 Å². The number of carbonyl (C=O) groups is 2. The third kappa shape index (κ3) is 3.70. The molecule has 3 aromatic rings. The fourth-order valence-corrected chi connectivity index (χ4v) is 3.76. The monoisotopic (exact) mass is 394 g/mol. The van der Waals surface area contributed by atoms with Gasteiger partial charge in [-0.2, -0.15) is 0 Å². The molecule has 1 amide bonds. The average molecular weight is 394 g/mol. The number of nitrogens with zero attached hydrogens (tertiary/aromatic N) is 3. The van der Waals surface area contributed by atoms with Crippen LogP contribution >= 0.6 is 0 Å². The van der Waals surface area contributed by atoms with Gasteiger partial charge < -0.3 is 10.1 Å². The van der Waals surface area contributed by atoms with Gasteiger partial charge in [-0.1, -0.05) is 19.3 Å². The van der Waals surface area contributed by atoms with E-state index < -0.39 is 11.5 Å². The standard InChI is InChI=1S/C21H22N4O4/c1-2-29-21(28)16-11-22-18-15-10-14(24-19(26)13-6-4-3-5-7-13)8-9-17(15)23-12-25(18)20(16)27/h8-13H,2-7H2,1H3,(H,24,26). The van der Waals surface area contributed by atoms with Crippen LogP contribution in [-0.4, -0.2) is 32.9 Å². The SMILES string of the molecule is CCOC(=O)c1cnc2c3cc(NC(=O)C4CCCCC4)ccc3ncn2c1=O. The number of anilines is 1. The minimum absolute atomic E-state index is 0.0203. The summed E-state index contributed by atoms with van der Waals surface area (Å²) < 4.78 is 6.13. The third-order valence-corrected chi connectivity index (χ3v) is 5.28. The summed E-state index contributed by atoms with van der Waals surface area (Å²) in [4.78, 5) is 45.8. The Morgan fingerprint density at radius 2 is 2.00 bits per heavy atom. The molecule has 1 saturated carbocycles. The fourth-order valence-electron chi connectivity index (χ4n) is 3.76. The highest BCUT2D eigenvalue weighted by molar-refractivity contribution is 5.98. The number of aromatic nitrogens is 3. The Hall–Kier alpha value is -3.29. The van der Waals surface area contributed by atoms with Crippen LogP contribution in [0.1, 0.15) is 49.4 Å². The zero-order valence-electron chi connectivity index (χ0n) is 16.2. The Morgan fingerprint density at radius 3 is 2.76 bits per heavy atom. The van der Waals surface area contributed by atoms with Crippen LogP contribution in [0.15, 0.2) is 35.5 Å². The first-order valence-electron chi connectivity index (χ1n) is 9.86. The predicted octanol–water partition coefficient (Wildman–Crippen LogP) is 2.94. The molecule has 1 aromatic carbocycles. The largest absolute Gasteiger partial charge is 0.462 e. The maximum atomic E-state index is 12.7. The van der Waals surface area contributed by atoms with Crippen molar-refractivity contribution in [2.45, 2.75) is 39.0 Å². The lowest BCUT2D eigenvalue weighted by molar-refractivity contribution is -0.120. The minimum Gasteiger partial charge on any atom is -0.462 e. The van der Waals surface area contributed by atoms with Crippen LogP contribution in [0.4, 0.5) is 5.69 Å². The van der Waals surface area contributed by atoms with Crippen LogP contribution in [0.25, 0.3) is 16.6 Å². The molecule has 1 fully saturated rings. The summed E-state index contributed by atoms with van der Waals surface area (Å²) in [6, 6.07) is 5.32. The van der Waals surface area contributed by atoms with E-state index in [-0.39, 0.29) is 24.0 Å². The molecule has 0 saturated heterocycles. The molecule has 1 aliphatic carbocycles. The molecular formula is C21H22N4O4. The molecule has 0 atom stereocenters. The fraction of sp³-hybridized carbons (Fsp3) is 0.381. The summed E-state index contributed by atoms with van der Waals surface area (Å²) in [5.41, 5.74) is 0.941. The molecule has 4 rings (SSSR count). The highest BCUT2D eigenvalue weighted by atomic mass is 16.5. The molecule has 8 heteroatoms. The van der Waals surface area contributed by atoms with E-state index in [9.17, 15) is 14.4 Å². The number of benzene rings is 1. The van der Waals surface area contributed by atoms with Gasteiger partial charge in [-0.05, 0) is 38.0 Å².